The van der Waals surface area contributed by atoms with Crippen molar-refractivity contribution in [3.8, 4) is 0 Å². The van der Waals surface area contributed by atoms with Gasteiger partial charge in [0.2, 0.25) is 5.91 Å². The first-order chi connectivity index (χ1) is 10.2. The second-order valence-corrected chi connectivity index (χ2v) is 7.37. The zero-order valence-corrected chi connectivity index (χ0v) is 13.7. The number of hydrogen-bond acceptors (Lipinski definition) is 4. The third-order valence-electron chi connectivity index (χ3n) is 4.28. The second kappa shape index (κ2) is 6.83. The molecule has 4 nitrogen and oxygen atoms in total. The molecule has 0 bridgehead atoms. The van der Waals surface area contributed by atoms with Crippen LogP contribution in [-0.2, 0) is 17.6 Å². The van der Waals surface area contributed by atoms with Crippen LogP contribution in [0.25, 0.3) is 0 Å². The van der Waals surface area contributed by atoms with Gasteiger partial charge in [0.15, 0.2) is 10.2 Å². The molecule has 1 saturated carbocycles. The van der Waals surface area contributed by atoms with Crippen LogP contribution >= 0.6 is 23.6 Å². The predicted octanol–water partition coefficient (Wildman–Crippen LogP) is 3.42. The van der Waals surface area contributed by atoms with Crippen LogP contribution in [0.3, 0.4) is 0 Å². The molecule has 2 N–H and O–H groups in total. The van der Waals surface area contributed by atoms with Gasteiger partial charge in [-0.05, 0) is 50.7 Å². The van der Waals surface area contributed by atoms with Gasteiger partial charge in [0.1, 0.15) is 0 Å². The van der Waals surface area contributed by atoms with Gasteiger partial charge in [-0.1, -0.05) is 19.3 Å². The lowest BCUT2D eigenvalue weighted by atomic mass is 9.89. The van der Waals surface area contributed by atoms with Gasteiger partial charge < -0.3 is 10.6 Å². The van der Waals surface area contributed by atoms with Crippen LogP contribution < -0.4 is 10.6 Å². The van der Waals surface area contributed by atoms with Crippen molar-refractivity contribution < 1.29 is 4.79 Å². The van der Waals surface area contributed by atoms with Crippen LogP contribution in [0.1, 0.15) is 55.5 Å². The van der Waals surface area contributed by atoms with Gasteiger partial charge in [-0.3, -0.25) is 4.79 Å². The van der Waals surface area contributed by atoms with Gasteiger partial charge in [0, 0.05) is 10.8 Å². The summed E-state index contributed by atoms with van der Waals surface area (Å²) < 4.78 is 0. The zero-order chi connectivity index (χ0) is 14.7. The van der Waals surface area contributed by atoms with Crippen molar-refractivity contribution in [3.05, 3.63) is 10.6 Å². The summed E-state index contributed by atoms with van der Waals surface area (Å²) in [5.41, 5.74) is 1.20. The maximum absolute atomic E-state index is 12.1. The Hall–Kier alpha value is -1.01. The molecule has 2 aliphatic rings. The van der Waals surface area contributed by atoms with Crippen LogP contribution in [-0.4, -0.2) is 16.0 Å². The number of aryl methyl sites for hydroxylation is 2. The molecule has 114 valence electrons. The third-order valence-corrected chi connectivity index (χ3v) is 5.56. The number of nitrogens with zero attached hydrogens (tertiary/aromatic N) is 1. The number of carbonyl (C=O) groups is 1. The second-order valence-electron chi connectivity index (χ2n) is 5.87. The monoisotopic (exact) mass is 323 g/mol. The van der Waals surface area contributed by atoms with Crippen molar-refractivity contribution in [2.45, 2.75) is 57.8 Å². The number of thiazole rings is 1. The Kier molecular flexibility index (Phi) is 4.85. The minimum absolute atomic E-state index is 0.0634. The van der Waals surface area contributed by atoms with Crippen molar-refractivity contribution in [1.82, 2.24) is 10.3 Å². The Morgan fingerprint density at radius 2 is 1.90 bits per heavy atom. The summed E-state index contributed by atoms with van der Waals surface area (Å²) in [6.45, 7) is 0. The molecule has 0 unspecified atom stereocenters. The van der Waals surface area contributed by atoms with Gasteiger partial charge in [0.25, 0.3) is 0 Å². The fourth-order valence-corrected chi connectivity index (χ4v) is 4.43. The molecule has 1 aromatic heterocycles. The molecule has 21 heavy (non-hydrogen) atoms. The highest BCUT2D eigenvalue weighted by molar-refractivity contribution is 7.80. The molecule has 6 heteroatoms. The summed E-state index contributed by atoms with van der Waals surface area (Å²) >= 11 is 6.91. The van der Waals surface area contributed by atoms with Crippen molar-refractivity contribution >= 4 is 39.7 Å². The van der Waals surface area contributed by atoms with E-state index >= 15 is 0 Å². The van der Waals surface area contributed by atoms with Gasteiger partial charge in [-0.2, -0.15) is 0 Å². The maximum atomic E-state index is 12.1. The number of anilines is 1. The van der Waals surface area contributed by atoms with Crippen LogP contribution in [0, 0.1) is 5.92 Å². The van der Waals surface area contributed by atoms with E-state index in [1.165, 1.54) is 29.8 Å². The number of hydrogen-bond donors (Lipinski definition) is 2. The van der Waals surface area contributed by atoms with E-state index in [0.717, 1.165) is 43.7 Å². The molecule has 1 heterocycles. The quantitative estimate of drug-likeness (QED) is 0.819. The predicted molar refractivity (Wildman–Crippen MR) is 89.7 cm³/mol. The van der Waals surface area contributed by atoms with E-state index in [0.29, 0.717) is 5.11 Å². The lowest BCUT2D eigenvalue weighted by Gasteiger charge is -2.20. The van der Waals surface area contributed by atoms with E-state index < -0.39 is 0 Å². The maximum Gasteiger partial charge on any atom is 0.229 e. The van der Waals surface area contributed by atoms with E-state index in [2.05, 4.69) is 15.6 Å². The zero-order valence-electron chi connectivity index (χ0n) is 12.1. The first kappa shape index (κ1) is 14.9. The van der Waals surface area contributed by atoms with Gasteiger partial charge in [0.05, 0.1) is 5.69 Å². The Balaban J connectivity index is 1.53. The minimum atomic E-state index is 0.0634. The highest BCUT2D eigenvalue weighted by Crippen LogP contribution is 2.29. The SMILES string of the molecule is O=C(NC(=S)Nc1nc2c(s1)CCCC2)C1CCCCC1. The van der Waals surface area contributed by atoms with Crippen molar-refractivity contribution in [3.63, 3.8) is 0 Å². The summed E-state index contributed by atoms with van der Waals surface area (Å²) in [6.07, 6.45) is 10.2. The topological polar surface area (TPSA) is 54.0 Å². The molecular formula is C15H21N3OS2. The van der Waals surface area contributed by atoms with E-state index in [9.17, 15) is 4.79 Å². The molecule has 0 atom stereocenters. The first-order valence-corrected chi connectivity index (χ1v) is 9.05. The number of carbonyl (C=O) groups excluding carboxylic acids is 1. The highest BCUT2D eigenvalue weighted by Gasteiger charge is 2.22. The van der Waals surface area contributed by atoms with E-state index in [4.69, 9.17) is 12.2 Å². The molecule has 1 fully saturated rings. The molecule has 0 aromatic carbocycles. The summed E-state index contributed by atoms with van der Waals surface area (Å²) in [6, 6.07) is 0. The molecule has 0 aliphatic heterocycles. The number of fused-ring (bicyclic) bond motifs is 1. The average molecular weight is 323 g/mol. The average Bonchev–Trinajstić information content (AvgIpc) is 2.90. The molecule has 0 radical (unpaired) electrons. The largest absolute Gasteiger partial charge is 0.308 e. The number of aromatic nitrogens is 1. The molecule has 0 saturated heterocycles. The minimum Gasteiger partial charge on any atom is -0.308 e. The van der Waals surface area contributed by atoms with Gasteiger partial charge in [-0.15, -0.1) is 11.3 Å². The number of thiocarbonyl (C=S) groups is 1. The summed E-state index contributed by atoms with van der Waals surface area (Å²) in [7, 11) is 0. The molecule has 2 aliphatic carbocycles. The Morgan fingerprint density at radius 1 is 1.14 bits per heavy atom. The summed E-state index contributed by atoms with van der Waals surface area (Å²) in [5, 5.41) is 7.10. The Morgan fingerprint density at radius 3 is 2.67 bits per heavy atom. The fraction of sp³-hybridized carbons (Fsp3) is 0.667. The number of nitrogens with one attached hydrogen (secondary N) is 2. The lowest BCUT2D eigenvalue weighted by molar-refractivity contribution is -0.124. The van der Waals surface area contributed by atoms with Crippen molar-refractivity contribution in [1.29, 1.82) is 0 Å². The molecular weight excluding hydrogens is 302 g/mol. The fourth-order valence-electron chi connectivity index (χ4n) is 3.11. The lowest BCUT2D eigenvalue weighted by Crippen LogP contribution is -2.38. The normalized spacial score (nSPS) is 18.9. The van der Waals surface area contributed by atoms with Crippen molar-refractivity contribution in [2.75, 3.05) is 5.32 Å². The van der Waals surface area contributed by atoms with E-state index in [1.54, 1.807) is 11.3 Å². The Labute approximate surface area is 134 Å². The number of amides is 1. The molecule has 1 aromatic rings. The van der Waals surface area contributed by atoms with E-state index in [-0.39, 0.29) is 11.8 Å². The van der Waals surface area contributed by atoms with Crippen LogP contribution in [0.4, 0.5) is 5.13 Å². The van der Waals surface area contributed by atoms with Gasteiger partial charge >= 0.3 is 0 Å². The third kappa shape index (κ3) is 3.80. The van der Waals surface area contributed by atoms with Crippen LogP contribution in [0.2, 0.25) is 0 Å². The Bertz CT molecular complexity index is 512. The summed E-state index contributed by atoms with van der Waals surface area (Å²) in [5.74, 6) is 0.191. The molecule has 1 amide bonds. The standard InChI is InChI=1S/C15H21N3OS2/c19-13(10-6-2-1-3-7-10)17-14(20)18-15-16-11-8-4-5-9-12(11)21-15/h10H,1-9H2,(H2,16,17,18,19,20). The van der Waals surface area contributed by atoms with Crippen molar-refractivity contribution in [2.24, 2.45) is 5.92 Å². The van der Waals surface area contributed by atoms with E-state index in [1.807, 2.05) is 0 Å². The van der Waals surface area contributed by atoms with Crippen LogP contribution in [0.15, 0.2) is 0 Å². The highest BCUT2D eigenvalue weighted by atomic mass is 32.1. The van der Waals surface area contributed by atoms with Crippen LogP contribution in [0.5, 0.6) is 0 Å². The smallest absolute Gasteiger partial charge is 0.229 e. The molecule has 3 rings (SSSR count). The summed E-state index contributed by atoms with van der Waals surface area (Å²) in [4.78, 5) is 18.1. The van der Waals surface area contributed by atoms with Gasteiger partial charge in [-0.25, -0.2) is 4.98 Å². The molecule has 0 spiro atoms. The number of rotatable bonds is 2. The first-order valence-electron chi connectivity index (χ1n) is 7.83.